The summed E-state index contributed by atoms with van der Waals surface area (Å²) in [6, 6.07) is 18.9. The molecule has 0 bridgehead atoms. The molecule has 3 fully saturated rings. The van der Waals surface area contributed by atoms with Gasteiger partial charge in [-0.1, -0.05) is 35.9 Å². The molecule has 2 N–H and O–H groups in total. The quantitative estimate of drug-likeness (QED) is 0.158. The number of aliphatic hydroxyl groups is 1. The smallest absolute Gasteiger partial charge is 0.274 e. The van der Waals surface area contributed by atoms with Gasteiger partial charge in [-0.15, -0.1) is 0 Å². The Morgan fingerprint density at radius 2 is 1.75 bits per heavy atom. The summed E-state index contributed by atoms with van der Waals surface area (Å²) >= 11 is 7.00. The molecule has 294 valence electrons. The fourth-order valence-corrected chi connectivity index (χ4v) is 8.70. The summed E-state index contributed by atoms with van der Waals surface area (Å²) in [5.41, 5.74) is 5.76. The number of nitriles is 1. The highest BCUT2D eigenvalue weighted by atomic mass is 35.5. The predicted octanol–water partition coefficient (Wildman–Crippen LogP) is 6.61. The second kappa shape index (κ2) is 15.2. The van der Waals surface area contributed by atoms with Crippen molar-refractivity contribution in [3.63, 3.8) is 0 Å². The van der Waals surface area contributed by atoms with E-state index >= 15 is 0 Å². The zero-order chi connectivity index (χ0) is 40.1. The van der Waals surface area contributed by atoms with Crippen molar-refractivity contribution < 1.29 is 28.2 Å². The van der Waals surface area contributed by atoms with E-state index < -0.39 is 18.2 Å². The molecule has 57 heavy (non-hydrogen) atoms. The minimum atomic E-state index is -1.27. The zero-order valence-corrected chi connectivity index (χ0v) is 32.8. The molecule has 3 saturated heterocycles. The number of piperidine rings is 1. The molecule has 1 spiro atoms. The SMILES string of the molecule is COc1cc(C(=O)Nc2cccc(-c3cccc(-c4nc5cc(CN6CC7(C6)CN(C(C)=O)C7)cc(C#N)c5o4)c3C)c2Cl)ncc1CN1CCC(O)(CF)CC1. The van der Waals surface area contributed by atoms with Crippen LogP contribution in [0.5, 0.6) is 5.75 Å². The Kier molecular flexibility index (Phi) is 10.2. The Morgan fingerprint density at radius 3 is 2.46 bits per heavy atom. The zero-order valence-electron chi connectivity index (χ0n) is 32.1. The van der Waals surface area contributed by atoms with E-state index in [4.69, 9.17) is 25.7 Å². The highest BCUT2D eigenvalue weighted by Gasteiger charge is 2.52. The van der Waals surface area contributed by atoms with E-state index in [0.717, 1.165) is 54.0 Å². The van der Waals surface area contributed by atoms with Gasteiger partial charge in [0.25, 0.3) is 5.91 Å². The first-order chi connectivity index (χ1) is 27.4. The first-order valence-electron chi connectivity index (χ1n) is 19.0. The number of nitrogens with zero attached hydrogens (tertiary/aromatic N) is 6. The maximum absolute atomic E-state index is 13.5. The van der Waals surface area contributed by atoms with Crippen LogP contribution in [0.3, 0.4) is 0 Å². The number of oxazole rings is 1. The average Bonchev–Trinajstić information content (AvgIpc) is 3.61. The maximum Gasteiger partial charge on any atom is 0.274 e. The molecule has 3 aliphatic rings. The fraction of sp³-hybridized carbons (Fsp3) is 0.372. The third kappa shape index (κ3) is 7.46. The number of methoxy groups -OCH3 is 1. The molecule has 5 heterocycles. The molecule has 5 aromatic rings. The lowest BCUT2D eigenvalue weighted by atomic mass is 9.72. The third-order valence-corrected chi connectivity index (χ3v) is 12.0. The lowest BCUT2D eigenvalue weighted by molar-refractivity contribution is -0.157. The van der Waals surface area contributed by atoms with Crippen LogP contribution in [0.4, 0.5) is 10.1 Å². The molecule has 0 aliphatic carbocycles. The first-order valence-corrected chi connectivity index (χ1v) is 19.3. The first kappa shape index (κ1) is 38.5. The van der Waals surface area contributed by atoms with E-state index in [1.54, 1.807) is 25.3 Å². The highest BCUT2D eigenvalue weighted by Crippen LogP contribution is 2.42. The van der Waals surface area contributed by atoms with Gasteiger partial charge in [0.05, 0.1) is 29.0 Å². The van der Waals surface area contributed by atoms with Gasteiger partial charge in [-0.2, -0.15) is 5.26 Å². The summed E-state index contributed by atoms with van der Waals surface area (Å²) in [7, 11) is 1.53. The van der Waals surface area contributed by atoms with Crippen LogP contribution in [0.15, 0.2) is 65.2 Å². The number of aromatic nitrogens is 2. The number of carbonyl (C=O) groups is 2. The minimum Gasteiger partial charge on any atom is -0.496 e. The molecular weight excluding hydrogens is 749 g/mol. The van der Waals surface area contributed by atoms with Crippen molar-refractivity contribution in [1.82, 2.24) is 24.7 Å². The number of carbonyl (C=O) groups excluding carboxylic acids is 2. The third-order valence-electron chi connectivity index (χ3n) is 11.6. The number of rotatable bonds is 10. The van der Waals surface area contributed by atoms with Crippen LogP contribution < -0.4 is 10.1 Å². The lowest BCUT2D eigenvalue weighted by Gasteiger charge is -2.60. The van der Waals surface area contributed by atoms with Gasteiger partial charge in [-0.25, -0.2) is 9.37 Å². The number of ether oxygens (including phenoxy) is 1. The second-order valence-electron chi connectivity index (χ2n) is 15.8. The van der Waals surface area contributed by atoms with E-state index in [9.17, 15) is 24.3 Å². The van der Waals surface area contributed by atoms with Crippen molar-refractivity contribution in [1.29, 1.82) is 5.26 Å². The molecule has 0 saturated carbocycles. The van der Waals surface area contributed by atoms with E-state index in [0.29, 0.717) is 83.6 Å². The molecule has 3 aliphatic heterocycles. The number of hydrogen-bond acceptors (Lipinski definition) is 10. The Bertz CT molecular complexity index is 2420. The van der Waals surface area contributed by atoms with Crippen LogP contribution >= 0.6 is 11.6 Å². The molecule has 8 rings (SSSR count). The van der Waals surface area contributed by atoms with Gasteiger partial charge >= 0.3 is 0 Å². The van der Waals surface area contributed by atoms with Gasteiger partial charge in [0.15, 0.2) is 5.58 Å². The molecule has 12 nitrogen and oxygen atoms in total. The molecule has 3 aromatic carbocycles. The van der Waals surface area contributed by atoms with Gasteiger partial charge in [-0.3, -0.25) is 24.4 Å². The van der Waals surface area contributed by atoms with Crippen molar-refractivity contribution in [2.75, 3.05) is 58.4 Å². The number of fused-ring (bicyclic) bond motifs is 1. The molecule has 14 heteroatoms. The lowest BCUT2D eigenvalue weighted by Crippen LogP contribution is -2.72. The van der Waals surface area contributed by atoms with Crippen LogP contribution in [-0.4, -0.2) is 100 Å². The number of amides is 2. The second-order valence-corrected chi connectivity index (χ2v) is 16.1. The largest absolute Gasteiger partial charge is 0.496 e. The number of nitrogens with one attached hydrogen (secondary N) is 1. The molecule has 2 amide bonds. The van der Waals surface area contributed by atoms with Crippen molar-refractivity contribution in [2.24, 2.45) is 5.41 Å². The Labute approximate surface area is 334 Å². The summed E-state index contributed by atoms with van der Waals surface area (Å²) in [6.07, 6.45) is 2.29. The molecule has 0 atom stereocenters. The van der Waals surface area contributed by atoms with Crippen LogP contribution in [0.2, 0.25) is 5.02 Å². The number of likely N-dealkylation sites (tertiary alicyclic amines) is 3. The maximum atomic E-state index is 13.5. The molecule has 0 radical (unpaired) electrons. The Morgan fingerprint density at radius 1 is 1.04 bits per heavy atom. The monoisotopic (exact) mass is 791 g/mol. The standard InChI is InChI=1S/C43H43ClFN7O5/c1-26-31(6-4-7-32(26)41-49-35-15-28(14-29(17-46)39(35)57-41)19-51-22-42(23-51)24-52(25-42)27(2)53)33-8-5-9-34(38(33)44)48-40(54)36-16-37(56-3)30(18-47-36)20-50-12-10-43(55,21-45)11-13-50/h4-9,14-16,18,55H,10-13,19-25H2,1-3H3,(H,48,54). The number of halogens is 2. The Hall–Kier alpha value is -5.39. The number of anilines is 1. The van der Waals surface area contributed by atoms with Crippen LogP contribution in [0.25, 0.3) is 33.7 Å². The fourth-order valence-electron chi connectivity index (χ4n) is 8.42. The molecule has 2 aromatic heterocycles. The van der Waals surface area contributed by atoms with Crippen molar-refractivity contribution in [3.8, 4) is 34.4 Å². The van der Waals surface area contributed by atoms with E-state index in [2.05, 4.69) is 26.2 Å². The topological polar surface area (TPSA) is 148 Å². The van der Waals surface area contributed by atoms with Crippen LogP contribution in [-0.2, 0) is 17.9 Å². The predicted molar refractivity (Wildman–Crippen MR) is 213 cm³/mol. The average molecular weight is 792 g/mol. The number of alkyl halides is 1. The minimum absolute atomic E-state index is 0.119. The van der Waals surface area contributed by atoms with Gasteiger partial charge < -0.3 is 24.5 Å². The van der Waals surface area contributed by atoms with Gasteiger partial charge in [0, 0.05) is 93.7 Å². The van der Waals surface area contributed by atoms with Gasteiger partial charge in [0.1, 0.15) is 29.7 Å². The molecular formula is C43H43ClFN7O5. The van der Waals surface area contributed by atoms with Gasteiger partial charge in [0.2, 0.25) is 11.8 Å². The van der Waals surface area contributed by atoms with E-state index in [1.807, 2.05) is 54.3 Å². The van der Waals surface area contributed by atoms with Crippen LogP contribution in [0, 0.1) is 23.7 Å². The Balaban J connectivity index is 0.982. The summed E-state index contributed by atoms with van der Waals surface area (Å²) in [5, 5.41) is 23.5. The number of pyridine rings is 1. The van der Waals surface area contributed by atoms with Gasteiger partial charge in [-0.05, 0) is 60.7 Å². The summed E-state index contributed by atoms with van der Waals surface area (Å²) in [6.45, 7) is 8.47. The number of benzene rings is 3. The van der Waals surface area contributed by atoms with Crippen molar-refractivity contribution in [3.05, 3.63) is 93.8 Å². The highest BCUT2D eigenvalue weighted by molar-refractivity contribution is 6.36. The summed E-state index contributed by atoms with van der Waals surface area (Å²) in [5.74, 6) is 0.525. The normalized spacial score (nSPS) is 17.5. The van der Waals surface area contributed by atoms with E-state index in [1.165, 1.54) is 7.11 Å². The summed E-state index contributed by atoms with van der Waals surface area (Å²) in [4.78, 5) is 40.7. The number of hydrogen-bond donors (Lipinski definition) is 2. The molecule has 0 unspecified atom stereocenters. The summed E-state index contributed by atoms with van der Waals surface area (Å²) < 4.78 is 25.1. The van der Waals surface area contributed by atoms with Crippen molar-refractivity contribution >= 4 is 40.2 Å². The van der Waals surface area contributed by atoms with E-state index in [-0.39, 0.29) is 17.0 Å². The van der Waals surface area contributed by atoms with Crippen molar-refractivity contribution in [2.45, 2.75) is 45.4 Å². The van der Waals surface area contributed by atoms with Crippen LogP contribution in [0.1, 0.15) is 52.5 Å².